The Morgan fingerprint density at radius 3 is 3.00 bits per heavy atom. The van der Waals surface area contributed by atoms with E-state index in [0.29, 0.717) is 9.72 Å². The van der Waals surface area contributed by atoms with E-state index in [0.717, 1.165) is 23.3 Å². The average Bonchev–Trinajstić information content (AvgIpc) is 2.24. The number of rotatable bonds is 1. The van der Waals surface area contributed by atoms with Crippen molar-refractivity contribution in [3.8, 4) is 0 Å². The molecule has 0 bridgehead atoms. The summed E-state index contributed by atoms with van der Waals surface area (Å²) in [5.74, 6) is 0.649. The molecule has 1 aliphatic rings. The monoisotopic (exact) mass is 289 g/mol. The van der Waals surface area contributed by atoms with Crippen LogP contribution < -0.4 is 5.73 Å². The zero-order chi connectivity index (χ0) is 11.0. The van der Waals surface area contributed by atoms with Crippen LogP contribution in [0, 0.1) is 5.82 Å². The summed E-state index contributed by atoms with van der Waals surface area (Å²) in [5.41, 5.74) is 8.27. The second-order valence-electron chi connectivity index (χ2n) is 3.71. The Labute approximate surface area is 102 Å². The quantitative estimate of drug-likeness (QED) is 0.855. The van der Waals surface area contributed by atoms with Gasteiger partial charge in [-0.25, -0.2) is 4.39 Å². The van der Waals surface area contributed by atoms with Crippen LogP contribution >= 0.6 is 27.7 Å². The van der Waals surface area contributed by atoms with Gasteiger partial charge in [-0.15, -0.1) is 0 Å². The molecule has 1 aromatic carbocycles. The first-order chi connectivity index (χ1) is 7.15. The van der Waals surface area contributed by atoms with Crippen LogP contribution in [-0.4, -0.2) is 5.25 Å². The fraction of sp³-hybridized carbons (Fsp3) is 0.455. The average molecular weight is 290 g/mol. The molecule has 1 heterocycles. The van der Waals surface area contributed by atoms with Crippen molar-refractivity contribution in [3.63, 3.8) is 0 Å². The van der Waals surface area contributed by atoms with Gasteiger partial charge in [-0.05, 0) is 39.5 Å². The van der Waals surface area contributed by atoms with E-state index >= 15 is 0 Å². The van der Waals surface area contributed by atoms with Gasteiger partial charge in [0.2, 0.25) is 0 Å². The number of halogens is 2. The van der Waals surface area contributed by atoms with Crippen LogP contribution in [-0.2, 0) is 5.75 Å². The summed E-state index contributed by atoms with van der Waals surface area (Å²) in [6, 6.07) is 3.34. The van der Waals surface area contributed by atoms with E-state index in [1.54, 1.807) is 0 Å². The molecule has 0 fully saturated rings. The third-order valence-corrected chi connectivity index (χ3v) is 5.20. The van der Waals surface area contributed by atoms with Crippen molar-refractivity contribution in [2.24, 2.45) is 5.73 Å². The lowest BCUT2D eigenvalue weighted by Crippen LogP contribution is -2.28. The first-order valence-corrected chi connectivity index (χ1v) is 6.83. The van der Waals surface area contributed by atoms with Crippen LogP contribution in [0.5, 0.6) is 0 Å². The van der Waals surface area contributed by atoms with Crippen LogP contribution in [0.15, 0.2) is 16.6 Å². The Hall–Kier alpha value is -0.0600. The molecule has 0 saturated heterocycles. The van der Waals surface area contributed by atoms with E-state index in [1.165, 1.54) is 6.07 Å². The van der Waals surface area contributed by atoms with Crippen molar-refractivity contribution < 1.29 is 4.39 Å². The van der Waals surface area contributed by atoms with Crippen molar-refractivity contribution in [1.82, 2.24) is 0 Å². The molecule has 1 aliphatic heterocycles. The SMILES string of the molecule is CCC1SCc2c(ccc(F)c2Br)C1N. The fourth-order valence-electron chi connectivity index (χ4n) is 1.93. The molecule has 82 valence electrons. The number of hydrogen-bond donors (Lipinski definition) is 1. The highest BCUT2D eigenvalue weighted by Gasteiger charge is 2.27. The highest BCUT2D eigenvalue weighted by molar-refractivity contribution is 9.10. The first-order valence-electron chi connectivity index (χ1n) is 4.99. The number of nitrogens with two attached hydrogens (primary N) is 1. The van der Waals surface area contributed by atoms with Gasteiger partial charge in [0.1, 0.15) is 5.82 Å². The lowest BCUT2D eigenvalue weighted by atomic mass is 9.97. The molecular weight excluding hydrogens is 277 g/mol. The minimum Gasteiger partial charge on any atom is -0.323 e. The lowest BCUT2D eigenvalue weighted by Gasteiger charge is -2.30. The fourth-order valence-corrected chi connectivity index (χ4v) is 3.90. The second kappa shape index (κ2) is 4.44. The van der Waals surface area contributed by atoms with Gasteiger partial charge >= 0.3 is 0 Å². The summed E-state index contributed by atoms with van der Waals surface area (Å²) in [4.78, 5) is 0. The Kier molecular flexibility index (Phi) is 3.38. The third kappa shape index (κ3) is 1.95. The van der Waals surface area contributed by atoms with Crippen LogP contribution in [0.1, 0.15) is 30.5 Å². The minimum absolute atomic E-state index is 0.0284. The Morgan fingerprint density at radius 2 is 2.33 bits per heavy atom. The standard InChI is InChI=1S/C11H13BrFNS/c1-2-9-11(14)6-3-4-8(13)10(12)7(6)5-15-9/h3-4,9,11H,2,5,14H2,1H3. The zero-order valence-electron chi connectivity index (χ0n) is 8.47. The molecule has 2 N–H and O–H groups in total. The maximum atomic E-state index is 13.3. The van der Waals surface area contributed by atoms with Crippen molar-refractivity contribution >= 4 is 27.7 Å². The van der Waals surface area contributed by atoms with Gasteiger partial charge < -0.3 is 5.73 Å². The van der Waals surface area contributed by atoms with Gasteiger partial charge in [0.15, 0.2) is 0 Å². The van der Waals surface area contributed by atoms with Crippen LogP contribution in [0.2, 0.25) is 0 Å². The number of hydrogen-bond acceptors (Lipinski definition) is 2. The molecule has 2 atom stereocenters. The summed E-state index contributed by atoms with van der Waals surface area (Å²) in [7, 11) is 0. The maximum absolute atomic E-state index is 13.3. The molecule has 0 radical (unpaired) electrons. The summed E-state index contributed by atoms with van der Waals surface area (Å²) >= 11 is 5.11. The van der Waals surface area contributed by atoms with E-state index in [2.05, 4.69) is 22.9 Å². The highest BCUT2D eigenvalue weighted by atomic mass is 79.9. The van der Waals surface area contributed by atoms with Crippen LogP contribution in [0.3, 0.4) is 0 Å². The molecular formula is C11H13BrFNS. The molecule has 2 rings (SSSR count). The topological polar surface area (TPSA) is 26.0 Å². The van der Waals surface area contributed by atoms with Gasteiger partial charge in [0.05, 0.1) is 4.47 Å². The van der Waals surface area contributed by atoms with E-state index in [4.69, 9.17) is 5.73 Å². The van der Waals surface area contributed by atoms with Gasteiger partial charge in [0.25, 0.3) is 0 Å². The summed E-state index contributed by atoms with van der Waals surface area (Å²) in [5, 5.41) is 0.454. The van der Waals surface area contributed by atoms with Gasteiger partial charge in [-0.2, -0.15) is 11.8 Å². The zero-order valence-corrected chi connectivity index (χ0v) is 10.9. The lowest BCUT2D eigenvalue weighted by molar-refractivity contribution is 0.606. The van der Waals surface area contributed by atoms with E-state index in [-0.39, 0.29) is 11.9 Å². The van der Waals surface area contributed by atoms with Crippen molar-refractivity contribution in [2.45, 2.75) is 30.4 Å². The smallest absolute Gasteiger partial charge is 0.137 e. The molecule has 0 spiro atoms. The minimum atomic E-state index is -0.198. The van der Waals surface area contributed by atoms with Crippen molar-refractivity contribution in [2.75, 3.05) is 0 Å². The Morgan fingerprint density at radius 1 is 1.60 bits per heavy atom. The van der Waals surface area contributed by atoms with E-state index in [1.807, 2.05) is 17.8 Å². The summed E-state index contributed by atoms with van der Waals surface area (Å²) in [6.07, 6.45) is 1.06. The highest BCUT2D eigenvalue weighted by Crippen LogP contribution is 2.41. The molecule has 0 aliphatic carbocycles. The number of thioether (sulfide) groups is 1. The molecule has 0 amide bonds. The van der Waals surface area contributed by atoms with E-state index in [9.17, 15) is 4.39 Å². The van der Waals surface area contributed by atoms with Gasteiger partial charge in [-0.3, -0.25) is 0 Å². The van der Waals surface area contributed by atoms with Crippen LogP contribution in [0.25, 0.3) is 0 Å². The molecule has 15 heavy (non-hydrogen) atoms. The van der Waals surface area contributed by atoms with Crippen molar-refractivity contribution in [3.05, 3.63) is 33.5 Å². The summed E-state index contributed by atoms with van der Waals surface area (Å²) in [6.45, 7) is 2.14. The summed E-state index contributed by atoms with van der Waals surface area (Å²) < 4.78 is 13.9. The largest absolute Gasteiger partial charge is 0.323 e. The number of fused-ring (bicyclic) bond motifs is 1. The second-order valence-corrected chi connectivity index (χ2v) is 5.73. The third-order valence-electron chi connectivity index (χ3n) is 2.84. The normalized spacial score (nSPS) is 25.1. The molecule has 1 aromatic rings. The van der Waals surface area contributed by atoms with Crippen LogP contribution in [0.4, 0.5) is 4.39 Å². The predicted molar refractivity (Wildman–Crippen MR) is 66.4 cm³/mol. The van der Waals surface area contributed by atoms with Gasteiger partial charge in [0, 0.05) is 17.0 Å². The molecule has 2 unspecified atom stereocenters. The van der Waals surface area contributed by atoms with E-state index < -0.39 is 0 Å². The van der Waals surface area contributed by atoms with Crippen molar-refractivity contribution in [1.29, 1.82) is 0 Å². The maximum Gasteiger partial charge on any atom is 0.137 e. The molecule has 0 saturated carbocycles. The number of benzene rings is 1. The Balaban J connectivity index is 2.45. The first kappa shape index (κ1) is 11.4. The molecule has 1 nitrogen and oxygen atoms in total. The predicted octanol–water partition coefficient (Wildman–Crippen LogP) is 3.61. The molecule has 0 aromatic heterocycles. The van der Waals surface area contributed by atoms with Gasteiger partial charge in [-0.1, -0.05) is 13.0 Å². The Bertz CT molecular complexity index is 383. The molecule has 4 heteroatoms.